The van der Waals surface area contributed by atoms with Crippen molar-refractivity contribution >= 4 is 44.0 Å². The number of nitrogens with zero attached hydrogens (tertiary/aromatic N) is 2. The normalized spacial score (nSPS) is 17.7. The molecule has 0 amide bonds. The van der Waals surface area contributed by atoms with Crippen molar-refractivity contribution in [2.45, 2.75) is 11.6 Å². The van der Waals surface area contributed by atoms with Crippen molar-refractivity contribution in [1.29, 1.82) is 0 Å². The van der Waals surface area contributed by atoms with Crippen molar-refractivity contribution in [3.63, 3.8) is 0 Å². The Bertz CT molecular complexity index is 3120. The fraction of sp³-hybridized carbons (Fsp3) is 0.0385. The van der Waals surface area contributed by atoms with Crippen LogP contribution in [0.3, 0.4) is 0 Å². The Balaban J connectivity index is 1.15. The highest BCUT2D eigenvalue weighted by Crippen LogP contribution is 2.63. The number of nitrogens with one attached hydrogen (secondary N) is 1. The Morgan fingerprint density at radius 1 is 0.382 bits per heavy atom. The summed E-state index contributed by atoms with van der Waals surface area (Å²) in [6, 6.07) is 68.6. The molecular formula is C52H33N3. The van der Waals surface area contributed by atoms with Crippen molar-refractivity contribution in [3.8, 4) is 22.3 Å². The van der Waals surface area contributed by atoms with Crippen molar-refractivity contribution < 1.29 is 0 Å². The Morgan fingerprint density at radius 2 is 0.891 bits per heavy atom. The number of benzene rings is 9. The third-order valence-electron chi connectivity index (χ3n) is 12.1. The van der Waals surface area contributed by atoms with Crippen LogP contribution in [0.1, 0.15) is 45.1 Å². The quantitative estimate of drug-likeness (QED) is 0.183. The molecule has 2 atom stereocenters. The molecule has 12 rings (SSSR count). The first kappa shape index (κ1) is 30.4. The maximum Gasteiger partial charge on any atom is 0.159 e. The first-order valence-corrected chi connectivity index (χ1v) is 19.0. The van der Waals surface area contributed by atoms with Crippen LogP contribution < -0.4 is 5.32 Å². The summed E-state index contributed by atoms with van der Waals surface area (Å²) in [6.45, 7) is 0. The Kier molecular flexibility index (Phi) is 6.32. The number of fused-ring (bicyclic) bond motifs is 16. The summed E-state index contributed by atoms with van der Waals surface area (Å²) >= 11 is 0. The molecule has 0 radical (unpaired) electrons. The minimum absolute atomic E-state index is 0.272. The van der Waals surface area contributed by atoms with Gasteiger partial charge in [0.2, 0.25) is 0 Å². The molecule has 2 unspecified atom stereocenters. The molecule has 55 heavy (non-hydrogen) atoms. The maximum absolute atomic E-state index is 5.30. The molecule has 0 fully saturated rings. The monoisotopic (exact) mass is 699 g/mol. The maximum atomic E-state index is 5.30. The molecular weight excluding hydrogens is 667 g/mol. The van der Waals surface area contributed by atoms with E-state index in [9.17, 15) is 0 Å². The first-order valence-electron chi connectivity index (χ1n) is 19.0. The molecule has 1 heterocycles. The molecule has 3 aliphatic rings. The van der Waals surface area contributed by atoms with E-state index >= 15 is 0 Å². The SMILES string of the molecule is c1ccc(C2=NC(c3ccc4c(c3)C3(c5ccccc5-4)c4ccccc4-c4cc5c6ccccc6c6ccccc6c5cc43)=NC(c3ccccc3)N2)cc1. The van der Waals surface area contributed by atoms with E-state index in [1.54, 1.807) is 0 Å². The average molecular weight is 700 g/mol. The lowest BCUT2D eigenvalue weighted by Gasteiger charge is -2.31. The fourth-order valence-corrected chi connectivity index (χ4v) is 9.80. The van der Waals surface area contributed by atoms with Crippen LogP contribution in [-0.4, -0.2) is 11.7 Å². The average Bonchev–Trinajstić information content (AvgIpc) is 3.73. The van der Waals surface area contributed by atoms with E-state index in [0.29, 0.717) is 0 Å². The van der Waals surface area contributed by atoms with E-state index in [-0.39, 0.29) is 6.17 Å². The van der Waals surface area contributed by atoms with Gasteiger partial charge in [-0.25, -0.2) is 9.98 Å². The summed E-state index contributed by atoms with van der Waals surface area (Å²) < 4.78 is 0. The predicted octanol–water partition coefficient (Wildman–Crippen LogP) is 12.0. The van der Waals surface area contributed by atoms with E-state index < -0.39 is 5.41 Å². The second-order valence-electron chi connectivity index (χ2n) is 14.9. The van der Waals surface area contributed by atoms with Crippen molar-refractivity contribution in [1.82, 2.24) is 5.32 Å². The van der Waals surface area contributed by atoms with Gasteiger partial charge < -0.3 is 5.32 Å². The van der Waals surface area contributed by atoms with E-state index in [1.807, 2.05) is 12.1 Å². The predicted molar refractivity (Wildman–Crippen MR) is 227 cm³/mol. The smallest absolute Gasteiger partial charge is 0.159 e. The molecule has 1 N–H and O–H groups in total. The highest BCUT2D eigenvalue weighted by Gasteiger charge is 2.52. The highest BCUT2D eigenvalue weighted by molar-refractivity contribution is 6.26. The van der Waals surface area contributed by atoms with Crippen molar-refractivity contribution in [3.05, 3.63) is 227 Å². The molecule has 0 saturated carbocycles. The van der Waals surface area contributed by atoms with Gasteiger partial charge in [0.25, 0.3) is 0 Å². The largest absolute Gasteiger partial charge is 0.344 e. The minimum Gasteiger partial charge on any atom is -0.344 e. The van der Waals surface area contributed by atoms with Crippen LogP contribution in [0.25, 0.3) is 54.6 Å². The number of aliphatic imine (C=N–C) groups is 2. The lowest BCUT2D eigenvalue weighted by molar-refractivity contribution is 0.674. The Hall–Kier alpha value is -7.10. The zero-order chi connectivity index (χ0) is 36.1. The van der Waals surface area contributed by atoms with Gasteiger partial charge in [0, 0.05) is 11.1 Å². The summed E-state index contributed by atoms with van der Waals surface area (Å²) in [5.41, 5.74) is 13.0. The molecule has 1 aliphatic heterocycles. The van der Waals surface area contributed by atoms with Crippen LogP contribution >= 0.6 is 0 Å². The van der Waals surface area contributed by atoms with Gasteiger partial charge in [-0.05, 0) is 101 Å². The summed E-state index contributed by atoms with van der Waals surface area (Å²) in [7, 11) is 0. The molecule has 1 spiro atoms. The first-order chi connectivity index (χ1) is 27.3. The van der Waals surface area contributed by atoms with E-state index in [2.05, 4.69) is 181 Å². The molecule has 3 heteroatoms. The Morgan fingerprint density at radius 3 is 1.56 bits per heavy atom. The van der Waals surface area contributed by atoms with Crippen LogP contribution in [-0.2, 0) is 5.41 Å². The number of hydrogen-bond donors (Lipinski definition) is 1. The van der Waals surface area contributed by atoms with Crippen LogP contribution in [0, 0.1) is 0 Å². The van der Waals surface area contributed by atoms with E-state index in [4.69, 9.17) is 9.98 Å². The van der Waals surface area contributed by atoms with E-state index in [0.717, 1.165) is 28.4 Å². The summed E-state index contributed by atoms with van der Waals surface area (Å²) in [5, 5.41) is 11.4. The van der Waals surface area contributed by atoms with Crippen molar-refractivity contribution in [2.75, 3.05) is 0 Å². The van der Waals surface area contributed by atoms with E-state index in [1.165, 1.54) is 76.8 Å². The van der Waals surface area contributed by atoms with Gasteiger partial charge in [0.15, 0.2) is 5.84 Å². The van der Waals surface area contributed by atoms with Gasteiger partial charge in [0.1, 0.15) is 12.0 Å². The van der Waals surface area contributed by atoms with Gasteiger partial charge in [0.05, 0.1) is 5.41 Å². The third kappa shape index (κ3) is 4.21. The molecule has 3 nitrogen and oxygen atoms in total. The molecule has 9 aromatic rings. The zero-order valence-corrected chi connectivity index (χ0v) is 29.9. The summed E-state index contributed by atoms with van der Waals surface area (Å²) in [6.07, 6.45) is -0.272. The van der Waals surface area contributed by atoms with Crippen LogP contribution in [0.15, 0.2) is 198 Å². The molecule has 256 valence electrons. The minimum atomic E-state index is -0.521. The van der Waals surface area contributed by atoms with Gasteiger partial charge >= 0.3 is 0 Å². The fourth-order valence-electron chi connectivity index (χ4n) is 9.80. The molecule has 0 aromatic heterocycles. The second kappa shape index (κ2) is 11.4. The number of rotatable bonds is 3. The third-order valence-corrected chi connectivity index (χ3v) is 12.1. The molecule has 0 bridgehead atoms. The number of hydrogen-bond acceptors (Lipinski definition) is 3. The highest BCUT2D eigenvalue weighted by atomic mass is 15.2. The topological polar surface area (TPSA) is 36.8 Å². The molecule has 0 saturated heterocycles. The number of amidine groups is 2. The lowest BCUT2D eigenvalue weighted by Crippen LogP contribution is -2.33. The van der Waals surface area contributed by atoms with Gasteiger partial charge in [-0.1, -0.05) is 170 Å². The van der Waals surface area contributed by atoms with Gasteiger partial charge in [-0.2, -0.15) is 0 Å². The summed E-state index contributed by atoms with van der Waals surface area (Å²) in [5.74, 6) is 1.54. The van der Waals surface area contributed by atoms with Crippen molar-refractivity contribution in [2.24, 2.45) is 9.98 Å². The van der Waals surface area contributed by atoms with Crippen LogP contribution in [0.4, 0.5) is 0 Å². The lowest BCUT2D eigenvalue weighted by atomic mass is 9.70. The van der Waals surface area contributed by atoms with Crippen LogP contribution in [0.2, 0.25) is 0 Å². The second-order valence-corrected chi connectivity index (χ2v) is 14.9. The standard InChI is InChI=1S/C52H33N3/c1-3-15-32(16-4-1)49-53-50(33-17-5-2-6-18-33)55-51(54-49)34-27-28-41-39-23-11-13-25-45(39)52(47(41)29-34)46-26-14-12-24-40(46)44-30-42-37-21-9-7-19-35(37)36-20-8-10-22-38(36)43(42)31-48(44)52/h1-31,49H,(H,53,54,55). The molecule has 9 aromatic carbocycles. The van der Waals surface area contributed by atoms with Gasteiger partial charge in [-0.3, -0.25) is 0 Å². The van der Waals surface area contributed by atoms with Gasteiger partial charge in [-0.15, -0.1) is 0 Å². The van der Waals surface area contributed by atoms with Crippen LogP contribution in [0.5, 0.6) is 0 Å². The summed E-state index contributed by atoms with van der Waals surface area (Å²) in [4.78, 5) is 10.5. The zero-order valence-electron chi connectivity index (χ0n) is 29.9. The Labute approximate surface area is 319 Å². The molecule has 2 aliphatic carbocycles.